The summed E-state index contributed by atoms with van der Waals surface area (Å²) in [6.45, 7) is 5.21. The van der Waals surface area contributed by atoms with Gasteiger partial charge in [0.05, 0.1) is 4.90 Å². The summed E-state index contributed by atoms with van der Waals surface area (Å²) in [5.74, 6) is 0.470. The second-order valence-corrected chi connectivity index (χ2v) is 11.6. The van der Waals surface area contributed by atoms with Crippen LogP contribution in [0.4, 0.5) is 0 Å². The number of aryl methyl sites for hydroxylation is 2. The van der Waals surface area contributed by atoms with Gasteiger partial charge in [0.15, 0.2) is 0 Å². The van der Waals surface area contributed by atoms with E-state index >= 15 is 0 Å². The maximum absolute atomic E-state index is 13.4. The molecular weight excluding hydrogens is 410 g/mol. The van der Waals surface area contributed by atoms with Gasteiger partial charge in [-0.05, 0) is 49.1 Å². The number of rotatable bonds is 3. The summed E-state index contributed by atoms with van der Waals surface area (Å²) in [4.78, 5) is 1.67. The van der Waals surface area contributed by atoms with Crippen LogP contribution in [0.25, 0.3) is 0 Å². The molecule has 3 nitrogen and oxygen atoms in total. The molecule has 3 aromatic carbocycles. The van der Waals surface area contributed by atoms with Crippen molar-refractivity contribution in [2.75, 3.05) is 13.1 Å². The second-order valence-electron chi connectivity index (χ2n) is 8.38. The van der Waals surface area contributed by atoms with Crippen molar-refractivity contribution in [1.29, 1.82) is 0 Å². The summed E-state index contributed by atoms with van der Waals surface area (Å²) >= 11 is 1.85. The Labute approximate surface area is 183 Å². The Morgan fingerprint density at radius 2 is 1.57 bits per heavy atom. The summed E-state index contributed by atoms with van der Waals surface area (Å²) in [5, 5.41) is 0.255. The molecule has 5 heteroatoms. The van der Waals surface area contributed by atoms with Crippen LogP contribution >= 0.6 is 11.8 Å². The quantitative estimate of drug-likeness (QED) is 0.565. The predicted molar refractivity (Wildman–Crippen MR) is 123 cm³/mol. The smallest absolute Gasteiger partial charge is 0.207 e. The van der Waals surface area contributed by atoms with Gasteiger partial charge in [0.1, 0.15) is 0 Å². The van der Waals surface area contributed by atoms with Crippen molar-refractivity contribution in [3.8, 4) is 0 Å². The van der Waals surface area contributed by atoms with Crippen molar-refractivity contribution in [2.24, 2.45) is 5.92 Å². The first-order valence-corrected chi connectivity index (χ1v) is 12.6. The summed E-state index contributed by atoms with van der Waals surface area (Å²) in [7, 11) is -3.49. The average Bonchev–Trinajstić information content (AvgIpc) is 3.17. The summed E-state index contributed by atoms with van der Waals surface area (Å²) in [5.41, 5.74) is 4.92. The van der Waals surface area contributed by atoms with Gasteiger partial charge in [-0.15, -0.1) is 11.8 Å². The zero-order valence-corrected chi connectivity index (χ0v) is 18.8. The van der Waals surface area contributed by atoms with Crippen molar-refractivity contribution in [1.82, 2.24) is 4.31 Å². The molecule has 2 heterocycles. The van der Waals surface area contributed by atoms with Gasteiger partial charge in [-0.25, -0.2) is 8.42 Å². The maximum atomic E-state index is 13.4. The zero-order valence-electron chi connectivity index (χ0n) is 17.2. The Morgan fingerprint density at radius 1 is 0.867 bits per heavy atom. The SMILES string of the molecule is Cc1ccc(S(=O)(=O)N2CC3Sc4ccc(C)cc4[C@H](c4ccccc4)[C@H]3C2)cc1. The number of nitrogens with zero attached hydrogens (tertiary/aromatic N) is 1. The molecule has 0 saturated carbocycles. The fourth-order valence-electron chi connectivity index (χ4n) is 4.76. The van der Waals surface area contributed by atoms with E-state index in [1.807, 2.05) is 36.9 Å². The molecule has 0 bridgehead atoms. The summed E-state index contributed by atoms with van der Waals surface area (Å²) < 4.78 is 28.5. The number of benzene rings is 3. The summed E-state index contributed by atoms with van der Waals surface area (Å²) in [6, 6.07) is 24.4. The third kappa shape index (κ3) is 3.39. The van der Waals surface area contributed by atoms with E-state index in [4.69, 9.17) is 0 Å². The number of thioether (sulfide) groups is 1. The lowest BCUT2D eigenvalue weighted by molar-refractivity contribution is 0.437. The van der Waals surface area contributed by atoms with E-state index in [-0.39, 0.29) is 17.1 Å². The van der Waals surface area contributed by atoms with Crippen LogP contribution in [0.2, 0.25) is 0 Å². The van der Waals surface area contributed by atoms with Crippen LogP contribution in [0.5, 0.6) is 0 Å². The van der Waals surface area contributed by atoms with Crippen molar-refractivity contribution in [3.05, 3.63) is 95.1 Å². The van der Waals surface area contributed by atoms with E-state index in [1.165, 1.54) is 21.6 Å². The van der Waals surface area contributed by atoms with Crippen LogP contribution in [0.15, 0.2) is 82.6 Å². The molecule has 0 aliphatic carbocycles. The van der Waals surface area contributed by atoms with E-state index in [0.29, 0.717) is 18.0 Å². The third-order valence-electron chi connectivity index (χ3n) is 6.30. The monoisotopic (exact) mass is 435 g/mol. The van der Waals surface area contributed by atoms with E-state index < -0.39 is 10.0 Å². The minimum absolute atomic E-state index is 0.213. The molecule has 5 rings (SSSR count). The molecule has 3 atom stereocenters. The molecule has 1 saturated heterocycles. The third-order valence-corrected chi connectivity index (χ3v) is 9.57. The lowest BCUT2D eigenvalue weighted by atomic mass is 9.79. The highest BCUT2D eigenvalue weighted by molar-refractivity contribution is 8.00. The molecule has 0 aromatic heterocycles. The topological polar surface area (TPSA) is 37.4 Å². The molecule has 3 aromatic rings. The highest BCUT2D eigenvalue weighted by Gasteiger charge is 2.47. The molecular formula is C25H25NO2S2. The van der Waals surface area contributed by atoms with E-state index in [0.717, 1.165) is 5.56 Å². The maximum Gasteiger partial charge on any atom is 0.243 e. The van der Waals surface area contributed by atoms with Gasteiger partial charge >= 0.3 is 0 Å². The van der Waals surface area contributed by atoms with E-state index in [2.05, 4.69) is 49.4 Å². The van der Waals surface area contributed by atoms with Crippen LogP contribution in [-0.4, -0.2) is 31.1 Å². The van der Waals surface area contributed by atoms with Crippen molar-refractivity contribution in [3.63, 3.8) is 0 Å². The van der Waals surface area contributed by atoms with Crippen molar-refractivity contribution < 1.29 is 8.42 Å². The van der Waals surface area contributed by atoms with Gasteiger partial charge in [-0.2, -0.15) is 4.31 Å². The molecule has 2 aliphatic heterocycles. The van der Waals surface area contributed by atoms with Gasteiger partial charge in [0.25, 0.3) is 0 Å². The molecule has 0 spiro atoms. The van der Waals surface area contributed by atoms with Crippen LogP contribution in [0.3, 0.4) is 0 Å². The molecule has 0 N–H and O–H groups in total. The molecule has 30 heavy (non-hydrogen) atoms. The fraction of sp³-hybridized carbons (Fsp3) is 0.280. The van der Waals surface area contributed by atoms with Crippen molar-refractivity contribution >= 4 is 21.8 Å². The predicted octanol–water partition coefficient (Wildman–Crippen LogP) is 5.23. The van der Waals surface area contributed by atoms with Gasteiger partial charge in [0, 0.05) is 29.2 Å². The Kier molecular flexibility index (Phi) is 5.00. The second kappa shape index (κ2) is 7.56. The number of hydrogen-bond acceptors (Lipinski definition) is 3. The Hall–Kier alpha value is -2.08. The minimum Gasteiger partial charge on any atom is -0.207 e. The molecule has 1 fully saturated rings. The molecule has 0 radical (unpaired) electrons. The zero-order chi connectivity index (χ0) is 20.9. The summed E-state index contributed by atoms with van der Waals surface area (Å²) in [6.07, 6.45) is 0. The molecule has 154 valence electrons. The van der Waals surface area contributed by atoms with Gasteiger partial charge in [0.2, 0.25) is 10.0 Å². The first-order chi connectivity index (χ1) is 14.4. The van der Waals surface area contributed by atoms with E-state index in [1.54, 1.807) is 16.4 Å². The Balaban J connectivity index is 1.54. The van der Waals surface area contributed by atoms with Crippen LogP contribution in [0, 0.1) is 19.8 Å². The highest BCUT2D eigenvalue weighted by atomic mass is 32.2. The molecule has 1 unspecified atom stereocenters. The Morgan fingerprint density at radius 3 is 2.30 bits per heavy atom. The van der Waals surface area contributed by atoms with Crippen LogP contribution in [-0.2, 0) is 10.0 Å². The number of sulfonamides is 1. The van der Waals surface area contributed by atoms with Gasteiger partial charge in [-0.3, -0.25) is 0 Å². The fourth-order valence-corrected chi connectivity index (χ4v) is 7.83. The minimum atomic E-state index is -3.49. The van der Waals surface area contributed by atoms with Crippen LogP contribution in [0.1, 0.15) is 28.2 Å². The number of hydrogen-bond donors (Lipinski definition) is 0. The molecule has 2 aliphatic rings. The van der Waals surface area contributed by atoms with E-state index in [9.17, 15) is 8.42 Å². The average molecular weight is 436 g/mol. The first-order valence-electron chi connectivity index (χ1n) is 10.3. The first kappa shape index (κ1) is 19.9. The number of fused-ring (bicyclic) bond motifs is 2. The lowest BCUT2D eigenvalue weighted by Gasteiger charge is -2.35. The normalized spacial score (nSPS) is 23.7. The standard InChI is InChI=1S/C25H25NO2S2/c1-17-8-11-20(12-9-17)30(27,28)26-15-22-24(16-26)29-23-13-10-18(2)14-21(23)25(22)19-6-4-3-5-7-19/h3-14,22,24-25H,15-16H2,1-2H3/t22-,24?,25-/m0/s1. The lowest BCUT2D eigenvalue weighted by Crippen LogP contribution is -2.30. The van der Waals surface area contributed by atoms with Gasteiger partial charge in [-0.1, -0.05) is 65.7 Å². The highest BCUT2D eigenvalue weighted by Crippen LogP contribution is 2.52. The Bertz CT molecular complexity index is 1170. The van der Waals surface area contributed by atoms with Crippen molar-refractivity contribution in [2.45, 2.75) is 34.8 Å². The molecule has 0 amide bonds. The largest absolute Gasteiger partial charge is 0.243 e. The van der Waals surface area contributed by atoms with Crippen LogP contribution < -0.4 is 0 Å². The van der Waals surface area contributed by atoms with Gasteiger partial charge < -0.3 is 0 Å².